The van der Waals surface area contributed by atoms with Gasteiger partial charge < -0.3 is 9.73 Å². The van der Waals surface area contributed by atoms with Crippen molar-refractivity contribution in [3.63, 3.8) is 0 Å². The Hall–Kier alpha value is -3.29. The molecular formula is C21H15N3O2S2. The number of para-hydroxylation sites is 2. The molecule has 0 bridgehead atoms. The molecule has 0 saturated carbocycles. The van der Waals surface area contributed by atoms with Crippen LogP contribution in [0.15, 0.2) is 77.4 Å². The van der Waals surface area contributed by atoms with Crippen molar-refractivity contribution in [2.45, 2.75) is 0 Å². The molecule has 138 valence electrons. The van der Waals surface area contributed by atoms with E-state index in [9.17, 15) is 4.79 Å². The van der Waals surface area contributed by atoms with Gasteiger partial charge in [-0.25, -0.2) is 4.98 Å². The molecule has 0 radical (unpaired) electrons. The van der Waals surface area contributed by atoms with Crippen LogP contribution in [-0.4, -0.2) is 16.0 Å². The normalized spacial score (nSPS) is 11.0. The number of aromatic nitrogens is 1. The maximum Gasteiger partial charge on any atom is 0.250 e. The topological polar surface area (TPSA) is 67.2 Å². The number of thiocarbonyl (C=S) groups is 1. The molecule has 0 spiro atoms. The molecule has 2 aromatic carbocycles. The lowest BCUT2D eigenvalue weighted by Crippen LogP contribution is -2.32. The van der Waals surface area contributed by atoms with Gasteiger partial charge in [-0.15, -0.1) is 11.3 Å². The van der Waals surface area contributed by atoms with Gasteiger partial charge in [-0.05, 0) is 54.7 Å². The number of carbonyl (C=O) groups excluding carboxylic acids is 1. The van der Waals surface area contributed by atoms with Crippen LogP contribution in [0.25, 0.3) is 26.9 Å². The number of anilines is 1. The molecule has 7 heteroatoms. The molecule has 4 rings (SSSR count). The summed E-state index contributed by atoms with van der Waals surface area (Å²) in [6, 6.07) is 19.2. The first-order valence-corrected chi connectivity index (χ1v) is 9.70. The largest absolute Gasteiger partial charge is 0.465 e. The Bertz CT molecular complexity index is 1130. The molecular weight excluding hydrogens is 390 g/mol. The Morgan fingerprint density at radius 2 is 1.89 bits per heavy atom. The zero-order valence-corrected chi connectivity index (χ0v) is 16.2. The summed E-state index contributed by atoms with van der Waals surface area (Å²) in [5.74, 6) is 0.251. The van der Waals surface area contributed by atoms with Gasteiger partial charge in [0.2, 0.25) is 5.91 Å². The highest BCUT2D eigenvalue weighted by atomic mass is 32.1. The smallest absolute Gasteiger partial charge is 0.250 e. The molecule has 1 amide bonds. The number of fused-ring (bicyclic) bond motifs is 1. The Morgan fingerprint density at radius 3 is 2.71 bits per heavy atom. The summed E-state index contributed by atoms with van der Waals surface area (Å²) in [6.45, 7) is 0. The van der Waals surface area contributed by atoms with Gasteiger partial charge in [0.05, 0.1) is 22.2 Å². The second-order valence-electron chi connectivity index (χ2n) is 5.82. The third kappa shape index (κ3) is 4.16. The van der Waals surface area contributed by atoms with Crippen molar-refractivity contribution in [1.82, 2.24) is 10.3 Å². The first-order valence-electron chi connectivity index (χ1n) is 8.47. The zero-order valence-electron chi connectivity index (χ0n) is 14.6. The Balaban J connectivity index is 1.49. The monoisotopic (exact) mass is 405 g/mol. The summed E-state index contributed by atoms with van der Waals surface area (Å²) in [6.07, 6.45) is 4.49. The average molecular weight is 406 g/mol. The van der Waals surface area contributed by atoms with Crippen LogP contribution in [0.2, 0.25) is 0 Å². The lowest BCUT2D eigenvalue weighted by molar-refractivity contribution is -0.115. The summed E-state index contributed by atoms with van der Waals surface area (Å²) in [4.78, 5) is 16.7. The van der Waals surface area contributed by atoms with Gasteiger partial charge in [-0.2, -0.15) is 0 Å². The quantitative estimate of drug-likeness (QED) is 0.366. The molecule has 0 aliphatic carbocycles. The molecule has 0 aliphatic heterocycles. The number of benzene rings is 2. The van der Waals surface area contributed by atoms with E-state index in [1.165, 1.54) is 6.08 Å². The molecule has 0 aliphatic rings. The van der Waals surface area contributed by atoms with Crippen LogP contribution in [0.3, 0.4) is 0 Å². The fraction of sp³-hybridized carbons (Fsp3) is 0. The van der Waals surface area contributed by atoms with E-state index in [1.807, 2.05) is 48.5 Å². The highest BCUT2D eigenvalue weighted by Gasteiger charge is 2.11. The number of nitrogens with one attached hydrogen (secondary N) is 2. The van der Waals surface area contributed by atoms with E-state index in [2.05, 4.69) is 10.6 Å². The number of carbonyl (C=O) groups is 1. The summed E-state index contributed by atoms with van der Waals surface area (Å²) in [5.41, 5.74) is 2.66. The van der Waals surface area contributed by atoms with Crippen LogP contribution in [0.1, 0.15) is 5.76 Å². The minimum Gasteiger partial charge on any atom is -0.465 e. The van der Waals surface area contributed by atoms with Crippen molar-refractivity contribution in [2.75, 3.05) is 5.32 Å². The predicted octanol–water partition coefficient (Wildman–Crippen LogP) is 5.08. The fourth-order valence-corrected chi connectivity index (χ4v) is 3.83. The lowest BCUT2D eigenvalue weighted by atomic mass is 10.2. The van der Waals surface area contributed by atoms with E-state index < -0.39 is 0 Å². The number of furan rings is 1. The summed E-state index contributed by atoms with van der Waals surface area (Å²) in [5, 5.41) is 6.81. The first kappa shape index (κ1) is 18.1. The number of hydrogen-bond donors (Lipinski definition) is 2. The van der Waals surface area contributed by atoms with Crippen LogP contribution in [0.5, 0.6) is 0 Å². The Labute approximate surface area is 170 Å². The molecule has 28 heavy (non-hydrogen) atoms. The Morgan fingerprint density at radius 1 is 1.07 bits per heavy atom. The minimum atomic E-state index is -0.341. The molecule has 2 heterocycles. The second kappa shape index (κ2) is 8.16. The zero-order chi connectivity index (χ0) is 19.3. The average Bonchev–Trinajstić information content (AvgIpc) is 3.36. The third-order valence-electron chi connectivity index (χ3n) is 3.88. The molecule has 0 unspecified atom stereocenters. The molecule has 5 nitrogen and oxygen atoms in total. The number of rotatable bonds is 4. The number of hydrogen-bond acceptors (Lipinski definition) is 5. The summed E-state index contributed by atoms with van der Waals surface area (Å²) < 4.78 is 6.27. The molecule has 0 fully saturated rings. The molecule has 0 atom stereocenters. The highest BCUT2D eigenvalue weighted by Crippen LogP contribution is 2.34. The van der Waals surface area contributed by atoms with E-state index in [4.69, 9.17) is 21.6 Å². The van der Waals surface area contributed by atoms with Crippen LogP contribution < -0.4 is 10.6 Å². The molecule has 2 N–H and O–H groups in total. The Kier molecular flexibility index (Phi) is 5.27. The minimum absolute atomic E-state index is 0.211. The van der Waals surface area contributed by atoms with Crippen molar-refractivity contribution in [3.05, 3.63) is 78.8 Å². The highest BCUT2D eigenvalue weighted by molar-refractivity contribution is 7.80. The van der Waals surface area contributed by atoms with E-state index in [0.717, 1.165) is 26.5 Å². The van der Waals surface area contributed by atoms with E-state index in [0.29, 0.717) is 5.76 Å². The number of amides is 1. The fourth-order valence-electron chi connectivity index (χ4n) is 2.62. The first-order chi connectivity index (χ1) is 13.7. The SMILES string of the molecule is O=C(/C=C/c1ccco1)NC(=S)Nc1ccccc1-c1nc2ccccc2s1. The predicted molar refractivity (Wildman–Crippen MR) is 117 cm³/mol. The van der Waals surface area contributed by atoms with Gasteiger partial charge in [0.1, 0.15) is 10.8 Å². The standard InChI is InChI=1S/C21H15N3O2S2/c25-19(12-11-14-6-5-13-26-14)24-21(27)23-16-8-2-1-7-15(16)20-22-17-9-3-4-10-18(17)28-20/h1-13H,(H2,23,24,25,27)/b12-11+. The summed E-state index contributed by atoms with van der Waals surface area (Å²) in [7, 11) is 0. The van der Waals surface area contributed by atoms with Gasteiger partial charge in [-0.3, -0.25) is 10.1 Å². The maximum atomic E-state index is 12.0. The van der Waals surface area contributed by atoms with Gasteiger partial charge in [0.15, 0.2) is 5.11 Å². The van der Waals surface area contributed by atoms with Crippen LogP contribution in [-0.2, 0) is 4.79 Å². The van der Waals surface area contributed by atoms with Crippen LogP contribution in [0, 0.1) is 0 Å². The third-order valence-corrected chi connectivity index (χ3v) is 5.15. The number of thiazole rings is 1. The van der Waals surface area contributed by atoms with E-state index >= 15 is 0 Å². The van der Waals surface area contributed by atoms with Gasteiger partial charge in [0, 0.05) is 11.6 Å². The van der Waals surface area contributed by atoms with Crippen molar-refractivity contribution < 1.29 is 9.21 Å². The van der Waals surface area contributed by atoms with E-state index in [-0.39, 0.29) is 11.0 Å². The van der Waals surface area contributed by atoms with Crippen LogP contribution in [0.4, 0.5) is 5.69 Å². The van der Waals surface area contributed by atoms with Gasteiger partial charge in [0.25, 0.3) is 0 Å². The van der Waals surface area contributed by atoms with Crippen molar-refractivity contribution in [3.8, 4) is 10.6 Å². The molecule has 4 aromatic rings. The van der Waals surface area contributed by atoms with Gasteiger partial charge in [-0.1, -0.05) is 24.3 Å². The second-order valence-corrected chi connectivity index (χ2v) is 7.26. The lowest BCUT2D eigenvalue weighted by Gasteiger charge is -2.11. The van der Waals surface area contributed by atoms with Crippen molar-refractivity contribution in [1.29, 1.82) is 0 Å². The summed E-state index contributed by atoms with van der Waals surface area (Å²) >= 11 is 6.89. The van der Waals surface area contributed by atoms with Crippen LogP contribution >= 0.6 is 23.6 Å². The van der Waals surface area contributed by atoms with Crippen molar-refractivity contribution >= 4 is 56.6 Å². The molecule has 2 aromatic heterocycles. The van der Waals surface area contributed by atoms with Gasteiger partial charge >= 0.3 is 0 Å². The maximum absolute atomic E-state index is 12.0. The van der Waals surface area contributed by atoms with E-state index in [1.54, 1.807) is 35.8 Å². The number of nitrogens with zero attached hydrogens (tertiary/aromatic N) is 1. The van der Waals surface area contributed by atoms with Crippen molar-refractivity contribution in [2.24, 2.45) is 0 Å². The molecule has 0 saturated heterocycles.